The third-order valence-corrected chi connectivity index (χ3v) is 4.10. The zero-order valence-corrected chi connectivity index (χ0v) is 12.7. The second-order valence-electron chi connectivity index (χ2n) is 5.81. The third kappa shape index (κ3) is 3.50. The lowest BCUT2D eigenvalue weighted by atomic mass is 9.86. The Morgan fingerprint density at radius 2 is 2.10 bits per heavy atom. The van der Waals surface area contributed by atoms with Crippen LogP contribution in [0.3, 0.4) is 0 Å². The lowest BCUT2D eigenvalue weighted by molar-refractivity contribution is 0.0662. The largest absolute Gasteiger partial charge is 0.370 e. The summed E-state index contributed by atoms with van der Waals surface area (Å²) in [5, 5.41) is 3.15. The maximum absolute atomic E-state index is 12.5. The van der Waals surface area contributed by atoms with Crippen LogP contribution in [-0.4, -0.2) is 35.4 Å². The normalized spacial score (nSPS) is 16.5. The molecule has 20 heavy (non-hydrogen) atoms. The Morgan fingerprint density at radius 3 is 2.70 bits per heavy atom. The van der Waals surface area contributed by atoms with Crippen LogP contribution >= 0.6 is 0 Å². The number of hydrogen-bond donors (Lipinski definition) is 1. The maximum Gasteiger partial charge on any atom is 0.272 e. The molecule has 1 aromatic rings. The minimum atomic E-state index is 0.0620. The van der Waals surface area contributed by atoms with Crippen molar-refractivity contribution in [3.63, 3.8) is 0 Å². The van der Waals surface area contributed by atoms with Gasteiger partial charge in [0.25, 0.3) is 5.91 Å². The maximum atomic E-state index is 12.5. The summed E-state index contributed by atoms with van der Waals surface area (Å²) in [6.45, 7) is 9.08. The number of carbonyl (C=O) groups is 1. The van der Waals surface area contributed by atoms with E-state index < -0.39 is 0 Å². The van der Waals surface area contributed by atoms with Gasteiger partial charge in [-0.15, -0.1) is 0 Å². The molecule has 0 aromatic carbocycles. The third-order valence-electron chi connectivity index (χ3n) is 4.10. The average Bonchev–Trinajstić information content (AvgIpc) is 2.47. The van der Waals surface area contributed by atoms with Crippen molar-refractivity contribution >= 4 is 11.7 Å². The van der Waals surface area contributed by atoms with Gasteiger partial charge in [0.2, 0.25) is 0 Å². The summed E-state index contributed by atoms with van der Waals surface area (Å²) >= 11 is 0. The van der Waals surface area contributed by atoms with Crippen LogP contribution in [0.2, 0.25) is 0 Å². The van der Waals surface area contributed by atoms with Gasteiger partial charge in [-0.1, -0.05) is 19.9 Å². The zero-order valence-electron chi connectivity index (χ0n) is 12.7. The molecule has 1 saturated heterocycles. The summed E-state index contributed by atoms with van der Waals surface area (Å²) in [5.74, 6) is 2.30. The Morgan fingerprint density at radius 1 is 1.40 bits per heavy atom. The van der Waals surface area contributed by atoms with Gasteiger partial charge in [-0.2, -0.15) is 0 Å². The van der Waals surface area contributed by atoms with E-state index in [0.717, 1.165) is 44.2 Å². The fourth-order valence-corrected chi connectivity index (χ4v) is 2.76. The van der Waals surface area contributed by atoms with E-state index in [0.29, 0.717) is 11.6 Å². The van der Waals surface area contributed by atoms with Crippen molar-refractivity contribution in [3.05, 3.63) is 23.9 Å². The second-order valence-corrected chi connectivity index (χ2v) is 5.81. The van der Waals surface area contributed by atoms with E-state index >= 15 is 0 Å². The van der Waals surface area contributed by atoms with Crippen molar-refractivity contribution in [3.8, 4) is 0 Å². The molecule has 0 bridgehead atoms. The Hall–Kier alpha value is -1.58. The van der Waals surface area contributed by atoms with E-state index in [1.165, 1.54) is 0 Å². The van der Waals surface area contributed by atoms with Crippen LogP contribution in [0.15, 0.2) is 18.2 Å². The van der Waals surface area contributed by atoms with Crippen molar-refractivity contribution in [2.45, 2.75) is 33.6 Å². The number of rotatable bonds is 4. The first-order valence-corrected chi connectivity index (χ1v) is 7.62. The molecule has 110 valence electrons. The van der Waals surface area contributed by atoms with Crippen LogP contribution in [-0.2, 0) is 0 Å². The highest BCUT2D eigenvalue weighted by Gasteiger charge is 2.25. The number of likely N-dealkylation sites (tertiary alicyclic amines) is 1. The van der Waals surface area contributed by atoms with Crippen molar-refractivity contribution in [1.82, 2.24) is 9.88 Å². The van der Waals surface area contributed by atoms with Gasteiger partial charge in [0, 0.05) is 19.6 Å². The molecule has 4 heteroatoms. The molecule has 1 fully saturated rings. The van der Waals surface area contributed by atoms with Gasteiger partial charge >= 0.3 is 0 Å². The van der Waals surface area contributed by atoms with Gasteiger partial charge in [-0.05, 0) is 43.7 Å². The lowest BCUT2D eigenvalue weighted by Crippen LogP contribution is -2.39. The van der Waals surface area contributed by atoms with E-state index in [2.05, 4.69) is 24.1 Å². The monoisotopic (exact) mass is 275 g/mol. The molecule has 4 nitrogen and oxygen atoms in total. The van der Waals surface area contributed by atoms with Crippen LogP contribution < -0.4 is 5.32 Å². The van der Waals surface area contributed by atoms with E-state index in [1.807, 2.05) is 24.0 Å². The van der Waals surface area contributed by atoms with E-state index in [9.17, 15) is 4.79 Å². The Bertz CT molecular complexity index is 451. The molecule has 0 saturated carbocycles. The number of hydrogen-bond acceptors (Lipinski definition) is 3. The highest BCUT2D eigenvalue weighted by Crippen LogP contribution is 2.25. The van der Waals surface area contributed by atoms with Gasteiger partial charge in [-0.3, -0.25) is 4.79 Å². The van der Waals surface area contributed by atoms with Crippen LogP contribution in [0, 0.1) is 11.8 Å². The number of amides is 1. The highest BCUT2D eigenvalue weighted by molar-refractivity contribution is 5.92. The molecule has 0 radical (unpaired) electrons. The summed E-state index contributed by atoms with van der Waals surface area (Å²) in [7, 11) is 0. The number of pyridine rings is 1. The molecule has 2 heterocycles. The molecule has 1 aliphatic heterocycles. The molecule has 2 rings (SSSR count). The molecule has 0 unspecified atom stereocenters. The minimum Gasteiger partial charge on any atom is -0.370 e. The zero-order chi connectivity index (χ0) is 14.5. The van der Waals surface area contributed by atoms with E-state index in [-0.39, 0.29) is 5.91 Å². The van der Waals surface area contributed by atoms with Crippen LogP contribution in [0.25, 0.3) is 0 Å². The molecule has 1 aliphatic rings. The topological polar surface area (TPSA) is 45.2 Å². The number of nitrogens with zero attached hydrogens (tertiary/aromatic N) is 2. The molecule has 1 amide bonds. The molecular weight excluding hydrogens is 250 g/mol. The van der Waals surface area contributed by atoms with Crippen LogP contribution in [0.5, 0.6) is 0 Å². The summed E-state index contributed by atoms with van der Waals surface area (Å²) < 4.78 is 0. The fourth-order valence-electron chi connectivity index (χ4n) is 2.76. The van der Waals surface area contributed by atoms with Crippen molar-refractivity contribution in [2.75, 3.05) is 25.0 Å². The van der Waals surface area contributed by atoms with Crippen molar-refractivity contribution in [1.29, 1.82) is 0 Å². The first-order valence-electron chi connectivity index (χ1n) is 7.62. The number of anilines is 1. The average molecular weight is 275 g/mol. The second kappa shape index (κ2) is 6.73. The molecule has 0 spiro atoms. The van der Waals surface area contributed by atoms with Gasteiger partial charge in [-0.25, -0.2) is 4.98 Å². The van der Waals surface area contributed by atoms with Crippen molar-refractivity contribution < 1.29 is 4.79 Å². The lowest BCUT2D eigenvalue weighted by Gasteiger charge is -2.33. The van der Waals surface area contributed by atoms with Gasteiger partial charge in [0.15, 0.2) is 0 Å². The highest BCUT2D eigenvalue weighted by atomic mass is 16.2. The van der Waals surface area contributed by atoms with Crippen molar-refractivity contribution in [2.24, 2.45) is 11.8 Å². The fraction of sp³-hybridized carbons (Fsp3) is 0.625. The van der Waals surface area contributed by atoms with Gasteiger partial charge < -0.3 is 10.2 Å². The number of aromatic nitrogens is 1. The smallest absolute Gasteiger partial charge is 0.272 e. The SMILES string of the molecule is CCNc1cccc(C(=O)N2CCC(C(C)C)CC2)n1. The minimum absolute atomic E-state index is 0.0620. The Labute approximate surface area is 121 Å². The molecular formula is C16H25N3O. The quantitative estimate of drug-likeness (QED) is 0.918. The standard InChI is InChI=1S/C16H25N3O/c1-4-17-15-7-5-6-14(18-15)16(20)19-10-8-13(9-11-19)12(2)3/h5-7,12-13H,4,8-11H2,1-3H3,(H,17,18). The summed E-state index contributed by atoms with van der Waals surface area (Å²) in [5.41, 5.74) is 0.548. The Balaban J connectivity index is 2.00. The molecule has 0 atom stereocenters. The summed E-state index contributed by atoms with van der Waals surface area (Å²) in [6, 6.07) is 5.59. The number of carbonyl (C=O) groups excluding carboxylic acids is 1. The predicted octanol–water partition coefficient (Wildman–Crippen LogP) is 3.02. The first kappa shape index (κ1) is 14.8. The molecule has 0 aliphatic carbocycles. The van der Waals surface area contributed by atoms with Crippen LogP contribution in [0.1, 0.15) is 44.1 Å². The predicted molar refractivity (Wildman–Crippen MR) is 81.9 cm³/mol. The number of piperidine rings is 1. The van der Waals surface area contributed by atoms with Crippen LogP contribution in [0.4, 0.5) is 5.82 Å². The number of nitrogens with one attached hydrogen (secondary N) is 1. The van der Waals surface area contributed by atoms with E-state index in [4.69, 9.17) is 0 Å². The summed E-state index contributed by atoms with van der Waals surface area (Å²) in [4.78, 5) is 18.8. The Kier molecular flexibility index (Phi) is 4.99. The molecule has 1 N–H and O–H groups in total. The van der Waals surface area contributed by atoms with Gasteiger partial charge in [0.1, 0.15) is 11.5 Å². The van der Waals surface area contributed by atoms with E-state index in [1.54, 1.807) is 6.07 Å². The first-order chi connectivity index (χ1) is 9.61. The summed E-state index contributed by atoms with van der Waals surface area (Å²) in [6.07, 6.45) is 2.21. The van der Waals surface area contributed by atoms with Gasteiger partial charge in [0.05, 0.1) is 0 Å². The molecule has 1 aromatic heterocycles.